The highest BCUT2D eigenvalue weighted by molar-refractivity contribution is 6.05. The number of methoxy groups -OCH3 is 2. The SMILES string of the molecule is COC(=O)C(O)(c1c(C)c2cc(OC)ccc2n1-c1ccccc1NC(=O)c1ccccc1)C(F)(F)F. The number of halogens is 3. The maximum Gasteiger partial charge on any atom is 0.434 e. The molecule has 10 heteroatoms. The van der Waals surface area contributed by atoms with E-state index in [-0.39, 0.29) is 22.5 Å². The molecule has 1 atom stereocenters. The first kappa shape index (κ1) is 25.8. The van der Waals surface area contributed by atoms with Gasteiger partial charge in [0, 0.05) is 10.9 Å². The second kappa shape index (κ2) is 9.62. The lowest BCUT2D eigenvalue weighted by atomic mass is 9.94. The van der Waals surface area contributed by atoms with Crippen LogP contribution in [-0.2, 0) is 15.1 Å². The molecule has 0 radical (unpaired) electrons. The topological polar surface area (TPSA) is 89.8 Å². The standard InChI is InChI=1S/C27H23F3N2O5/c1-16-19-15-18(36-2)13-14-21(19)32(23(16)26(35,25(34)37-3)27(28,29)30)22-12-8-7-11-20(22)31-24(33)17-9-5-4-6-10-17/h4-15,35H,1-3H3,(H,31,33). The van der Waals surface area contributed by atoms with Crippen molar-refractivity contribution in [3.8, 4) is 11.4 Å². The van der Waals surface area contributed by atoms with Crippen molar-refractivity contribution >= 4 is 28.5 Å². The molecule has 0 saturated heterocycles. The molecule has 0 bridgehead atoms. The van der Waals surface area contributed by atoms with Crippen LogP contribution in [-0.4, -0.2) is 41.9 Å². The second-order valence-corrected chi connectivity index (χ2v) is 8.23. The average molecular weight is 512 g/mol. The van der Waals surface area contributed by atoms with Crippen molar-refractivity contribution in [2.24, 2.45) is 0 Å². The minimum atomic E-state index is -5.44. The molecular weight excluding hydrogens is 489 g/mol. The van der Waals surface area contributed by atoms with Gasteiger partial charge in [-0.2, -0.15) is 13.2 Å². The maximum atomic E-state index is 14.5. The molecule has 1 aromatic heterocycles. The molecule has 1 heterocycles. The van der Waals surface area contributed by atoms with E-state index in [4.69, 9.17) is 4.74 Å². The summed E-state index contributed by atoms with van der Waals surface area (Å²) in [4.78, 5) is 25.5. The summed E-state index contributed by atoms with van der Waals surface area (Å²) in [7, 11) is 2.17. The third kappa shape index (κ3) is 4.29. The number of benzene rings is 3. The number of aryl methyl sites for hydroxylation is 1. The molecule has 0 spiro atoms. The number of rotatable bonds is 6. The molecule has 1 unspecified atom stereocenters. The number of anilines is 1. The largest absolute Gasteiger partial charge is 0.497 e. The van der Waals surface area contributed by atoms with Gasteiger partial charge < -0.3 is 24.5 Å². The van der Waals surface area contributed by atoms with Gasteiger partial charge in [0.05, 0.1) is 36.8 Å². The fourth-order valence-electron chi connectivity index (χ4n) is 4.29. The molecule has 0 aliphatic heterocycles. The Kier molecular flexibility index (Phi) is 6.70. The van der Waals surface area contributed by atoms with E-state index >= 15 is 0 Å². The summed E-state index contributed by atoms with van der Waals surface area (Å²) >= 11 is 0. The highest BCUT2D eigenvalue weighted by atomic mass is 19.4. The number of para-hydroxylation sites is 2. The van der Waals surface area contributed by atoms with E-state index in [9.17, 15) is 27.9 Å². The van der Waals surface area contributed by atoms with Crippen LogP contribution in [0.25, 0.3) is 16.6 Å². The van der Waals surface area contributed by atoms with Gasteiger partial charge in [0.25, 0.3) is 11.5 Å². The minimum absolute atomic E-state index is 0.0247. The van der Waals surface area contributed by atoms with Crippen molar-refractivity contribution in [1.82, 2.24) is 4.57 Å². The summed E-state index contributed by atoms with van der Waals surface area (Å²) in [6.45, 7) is 1.36. The lowest BCUT2D eigenvalue weighted by molar-refractivity contribution is -0.268. The zero-order valence-corrected chi connectivity index (χ0v) is 20.1. The first-order valence-corrected chi connectivity index (χ1v) is 11.1. The Labute approximate surface area is 210 Å². The number of esters is 1. The predicted molar refractivity (Wildman–Crippen MR) is 131 cm³/mol. The van der Waals surface area contributed by atoms with Crippen molar-refractivity contribution in [2.45, 2.75) is 18.7 Å². The summed E-state index contributed by atoms with van der Waals surface area (Å²) in [6.07, 6.45) is -5.44. The Morgan fingerprint density at radius 2 is 1.59 bits per heavy atom. The number of nitrogens with one attached hydrogen (secondary N) is 1. The highest BCUT2D eigenvalue weighted by Crippen LogP contribution is 2.46. The number of hydrogen-bond donors (Lipinski definition) is 2. The molecule has 192 valence electrons. The quantitative estimate of drug-likeness (QED) is 0.350. The Morgan fingerprint density at radius 3 is 2.22 bits per heavy atom. The summed E-state index contributed by atoms with van der Waals surface area (Å²) in [5.74, 6) is -2.04. The molecule has 2 N–H and O–H groups in total. The number of amides is 1. The van der Waals surface area contributed by atoms with Gasteiger partial charge in [-0.3, -0.25) is 4.79 Å². The van der Waals surface area contributed by atoms with Crippen LogP contribution in [0.3, 0.4) is 0 Å². The molecule has 7 nitrogen and oxygen atoms in total. The molecule has 1 amide bonds. The van der Waals surface area contributed by atoms with Crippen LogP contribution in [0.1, 0.15) is 21.6 Å². The monoisotopic (exact) mass is 512 g/mol. The number of carbonyl (C=O) groups excluding carboxylic acids is 2. The third-order valence-corrected chi connectivity index (χ3v) is 6.09. The van der Waals surface area contributed by atoms with Gasteiger partial charge in [0.15, 0.2) is 0 Å². The molecular formula is C27H23F3N2O5. The zero-order chi connectivity index (χ0) is 27.0. The zero-order valence-electron chi connectivity index (χ0n) is 20.1. The summed E-state index contributed by atoms with van der Waals surface area (Å²) < 4.78 is 54.1. The van der Waals surface area contributed by atoms with Crippen LogP contribution in [0.15, 0.2) is 72.8 Å². The number of nitrogens with zero attached hydrogens (tertiary/aromatic N) is 1. The molecule has 37 heavy (non-hydrogen) atoms. The fraction of sp³-hybridized carbons (Fsp3) is 0.185. The van der Waals surface area contributed by atoms with E-state index in [0.29, 0.717) is 16.7 Å². The number of alkyl halides is 3. The van der Waals surface area contributed by atoms with Crippen molar-refractivity contribution in [3.05, 3.63) is 89.6 Å². The normalized spacial score (nSPS) is 13.2. The van der Waals surface area contributed by atoms with Crippen LogP contribution in [0, 0.1) is 6.92 Å². The van der Waals surface area contributed by atoms with Gasteiger partial charge in [-0.1, -0.05) is 30.3 Å². The van der Waals surface area contributed by atoms with Crippen molar-refractivity contribution in [1.29, 1.82) is 0 Å². The van der Waals surface area contributed by atoms with E-state index in [1.165, 1.54) is 44.4 Å². The summed E-state index contributed by atoms with van der Waals surface area (Å²) in [6, 6.07) is 19.0. The lowest BCUT2D eigenvalue weighted by Crippen LogP contribution is -2.51. The number of fused-ring (bicyclic) bond motifs is 1. The maximum absolute atomic E-state index is 14.5. The molecule has 0 fully saturated rings. The first-order chi connectivity index (χ1) is 17.5. The number of carbonyl (C=O) groups is 2. The predicted octanol–water partition coefficient (Wildman–Crippen LogP) is 5.12. The van der Waals surface area contributed by atoms with Crippen LogP contribution in [0.4, 0.5) is 18.9 Å². The Balaban J connectivity index is 2.05. The minimum Gasteiger partial charge on any atom is -0.497 e. The Hall–Kier alpha value is -4.31. The summed E-state index contributed by atoms with van der Waals surface area (Å²) in [5.41, 5.74) is -4.00. The molecule has 4 aromatic rings. The van der Waals surface area contributed by atoms with Crippen LogP contribution < -0.4 is 10.1 Å². The molecule has 0 aliphatic rings. The number of ether oxygens (including phenoxy) is 2. The van der Waals surface area contributed by atoms with Gasteiger partial charge in [0.1, 0.15) is 5.75 Å². The van der Waals surface area contributed by atoms with Crippen molar-refractivity contribution in [2.75, 3.05) is 19.5 Å². The molecule has 0 saturated carbocycles. The van der Waals surface area contributed by atoms with Gasteiger partial charge in [-0.15, -0.1) is 0 Å². The van der Waals surface area contributed by atoms with E-state index < -0.39 is 29.3 Å². The summed E-state index contributed by atoms with van der Waals surface area (Å²) in [5, 5.41) is 14.1. The molecule has 3 aromatic carbocycles. The number of aromatic nitrogens is 1. The number of hydrogen-bond acceptors (Lipinski definition) is 5. The first-order valence-electron chi connectivity index (χ1n) is 11.1. The van der Waals surface area contributed by atoms with Crippen LogP contribution in [0.2, 0.25) is 0 Å². The van der Waals surface area contributed by atoms with Gasteiger partial charge >= 0.3 is 12.1 Å². The highest BCUT2D eigenvalue weighted by Gasteiger charge is 2.64. The van der Waals surface area contributed by atoms with Crippen molar-refractivity contribution in [3.63, 3.8) is 0 Å². The van der Waals surface area contributed by atoms with Gasteiger partial charge in [-0.25, -0.2) is 4.79 Å². The second-order valence-electron chi connectivity index (χ2n) is 8.23. The fourth-order valence-corrected chi connectivity index (χ4v) is 4.29. The van der Waals surface area contributed by atoms with Crippen LogP contribution in [0.5, 0.6) is 5.75 Å². The third-order valence-electron chi connectivity index (χ3n) is 6.09. The average Bonchev–Trinajstić information content (AvgIpc) is 3.19. The lowest BCUT2D eigenvalue weighted by Gasteiger charge is -2.30. The van der Waals surface area contributed by atoms with Gasteiger partial charge in [0.2, 0.25) is 0 Å². The van der Waals surface area contributed by atoms with E-state index in [0.717, 1.165) is 11.7 Å². The smallest absolute Gasteiger partial charge is 0.434 e. The van der Waals surface area contributed by atoms with E-state index in [2.05, 4.69) is 10.1 Å². The van der Waals surface area contributed by atoms with Crippen LogP contribution >= 0.6 is 0 Å². The van der Waals surface area contributed by atoms with Crippen molar-refractivity contribution < 1.29 is 37.3 Å². The number of aliphatic hydroxyl groups is 1. The Morgan fingerprint density at radius 1 is 0.946 bits per heavy atom. The van der Waals surface area contributed by atoms with Gasteiger partial charge in [-0.05, 0) is 55.0 Å². The van der Waals surface area contributed by atoms with E-state index in [1.807, 2.05) is 0 Å². The Bertz CT molecular complexity index is 1480. The molecule has 4 rings (SSSR count). The van der Waals surface area contributed by atoms with E-state index in [1.54, 1.807) is 42.5 Å². The molecule has 0 aliphatic carbocycles.